The first kappa shape index (κ1) is 17.1. The van der Waals surface area contributed by atoms with Gasteiger partial charge in [0.15, 0.2) is 5.96 Å². The van der Waals surface area contributed by atoms with E-state index in [1.165, 1.54) is 12.8 Å². The highest BCUT2D eigenvalue weighted by atomic mass is 16.2. The minimum Gasteiger partial charge on any atom is -0.352 e. The van der Waals surface area contributed by atoms with Gasteiger partial charge in [-0.15, -0.1) is 0 Å². The lowest BCUT2D eigenvalue weighted by atomic mass is 10.1. The van der Waals surface area contributed by atoms with Crippen molar-refractivity contribution in [3.05, 3.63) is 0 Å². The number of nitrogens with one attached hydrogen (secondary N) is 3. The zero-order chi connectivity index (χ0) is 16.3. The second-order valence-corrected chi connectivity index (χ2v) is 7.64. The van der Waals surface area contributed by atoms with Crippen LogP contribution >= 0.6 is 0 Å². The number of hydrogen-bond acceptors (Lipinski definition) is 3. The fourth-order valence-electron chi connectivity index (χ4n) is 2.93. The van der Waals surface area contributed by atoms with Crippen LogP contribution in [0.25, 0.3) is 0 Å². The van der Waals surface area contributed by atoms with Crippen LogP contribution in [-0.4, -0.2) is 61.1 Å². The smallest absolute Gasteiger partial charge is 0.239 e. The average molecular weight is 309 g/mol. The maximum atomic E-state index is 11.9. The summed E-state index contributed by atoms with van der Waals surface area (Å²) in [5.74, 6) is 1.29. The summed E-state index contributed by atoms with van der Waals surface area (Å²) in [4.78, 5) is 18.7. The minimum absolute atomic E-state index is 0.0190. The quantitative estimate of drug-likeness (QED) is 0.524. The van der Waals surface area contributed by atoms with E-state index in [9.17, 15) is 4.79 Å². The van der Waals surface area contributed by atoms with Gasteiger partial charge in [0.25, 0.3) is 0 Å². The van der Waals surface area contributed by atoms with Crippen LogP contribution in [0.5, 0.6) is 0 Å². The van der Waals surface area contributed by atoms with Crippen LogP contribution in [-0.2, 0) is 4.79 Å². The van der Waals surface area contributed by atoms with Crippen molar-refractivity contribution >= 4 is 11.9 Å². The van der Waals surface area contributed by atoms with Gasteiger partial charge in [0.1, 0.15) is 0 Å². The second-order valence-electron chi connectivity index (χ2n) is 7.64. The molecule has 2 aliphatic rings. The zero-order valence-electron chi connectivity index (χ0n) is 14.6. The topological polar surface area (TPSA) is 68.8 Å². The van der Waals surface area contributed by atoms with Gasteiger partial charge in [-0.2, -0.15) is 0 Å². The normalized spacial score (nSPS) is 26.9. The SMILES string of the molecule is CN=C(NCC(=O)NC(C)(C)C)NC1CN(C2CC2)CC1C. The molecule has 1 heterocycles. The van der Waals surface area contributed by atoms with Crippen molar-refractivity contribution in [1.29, 1.82) is 0 Å². The monoisotopic (exact) mass is 309 g/mol. The van der Waals surface area contributed by atoms with Crippen LogP contribution in [0.3, 0.4) is 0 Å². The molecule has 0 aromatic rings. The first-order valence-electron chi connectivity index (χ1n) is 8.31. The average Bonchev–Trinajstić information content (AvgIpc) is 3.18. The summed E-state index contributed by atoms with van der Waals surface area (Å²) in [6.45, 7) is 10.7. The van der Waals surface area contributed by atoms with E-state index in [1.54, 1.807) is 7.05 Å². The Balaban J connectivity index is 1.76. The van der Waals surface area contributed by atoms with Gasteiger partial charge in [0, 0.05) is 37.8 Å². The van der Waals surface area contributed by atoms with E-state index in [0.717, 1.165) is 19.1 Å². The fourth-order valence-corrected chi connectivity index (χ4v) is 2.93. The van der Waals surface area contributed by atoms with Gasteiger partial charge in [-0.25, -0.2) is 0 Å². The summed E-state index contributed by atoms with van der Waals surface area (Å²) in [6, 6.07) is 1.21. The van der Waals surface area contributed by atoms with Crippen LogP contribution < -0.4 is 16.0 Å². The molecule has 2 unspecified atom stereocenters. The maximum absolute atomic E-state index is 11.9. The van der Waals surface area contributed by atoms with Crippen molar-refractivity contribution in [2.24, 2.45) is 10.9 Å². The standard InChI is InChI=1S/C16H31N5O/c1-11-9-21(12-6-7-12)10-13(11)19-15(17-5)18-8-14(22)20-16(2,3)4/h11-13H,6-10H2,1-5H3,(H,20,22)(H2,17,18,19). The van der Waals surface area contributed by atoms with Gasteiger partial charge in [0.05, 0.1) is 6.54 Å². The molecule has 6 nitrogen and oxygen atoms in total. The predicted octanol–water partition coefficient (Wildman–Crippen LogP) is 0.549. The van der Waals surface area contributed by atoms with Gasteiger partial charge >= 0.3 is 0 Å². The lowest BCUT2D eigenvalue weighted by molar-refractivity contribution is -0.121. The number of hydrogen-bond donors (Lipinski definition) is 3. The Bertz CT molecular complexity index is 425. The lowest BCUT2D eigenvalue weighted by Crippen LogP contribution is -2.51. The first-order chi connectivity index (χ1) is 10.3. The molecule has 1 aliphatic carbocycles. The Morgan fingerprint density at radius 3 is 2.50 bits per heavy atom. The molecule has 1 aliphatic heterocycles. The highest BCUT2D eigenvalue weighted by molar-refractivity contribution is 5.86. The largest absolute Gasteiger partial charge is 0.352 e. The number of likely N-dealkylation sites (tertiary alicyclic amines) is 1. The molecular weight excluding hydrogens is 278 g/mol. The third kappa shape index (κ3) is 5.16. The predicted molar refractivity (Wildman–Crippen MR) is 89.9 cm³/mol. The van der Waals surface area contributed by atoms with E-state index in [4.69, 9.17) is 0 Å². The van der Waals surface area contributed by atoms with E-state index in [0.29, 0.717) is 17.9 Å². The molecule has 3 N–H and O–H groups in total. The Morgan fingerprint density at radius 1 is 1.27 bits per heavy atom. The van der Waals surface area contributed by atoms with Crippen LogP contribution in [0, 0.1) is 5.92 Å². The Labute approximate surface area is 134 Å². The molecule has 0 bridgehead atoms. The number of nitrogens with zero attached hydrogens (tertiary/aromatic N) is 2. The van der Waals surface area contributed by atoms with Gasteiger partial charge in [-0.05, 0) is 39.5 Å². The van der Waals surface area contributed by atoms with Gasteiger partial charge in [0.2, 0.25) is 5.91 Å². The molecule has 1 saturated heterocycles. The zero-order valence-corrected chi connectivity index (χ0v) is 14.6. The molecule has 2 fully saturated rings. The van der Waals surface area contributed by atoms with Crippen molar-refractivity contribution in [2.75, 3.05) is 26.7 Å². The van der Waals surface area contributed by atoms with Gasteiger partial charge in [-0.1, -0.05) is 6.92 Å². The molecule has 0 radical (unpaired) electrons. The lowest BCUT2D eigenvalue weighted by Gasteiger charge is -2.23. The molecule has 22 heavy (non-hydrogen) atoms. The molecule has 2 rings (SSSR count). The maximum Gasteiger partial charge on any atom is 0.239 e. The molecule has 0 aromatic heterocycles. The van der Waals surface area contributed by atoms with Crippen molar-refractivity contribution in [1.82, 2.24) is 20.9 Å². The van der Waals surface area contributed by atoms with E-state index in [2.05, 4.69) is 32.8 Å². The molecule has 0 spiro atoms. The van der Waals surface area contributed by atoms with E-state index in [1.807, 2.05) is 20.8 Å². The molecular formula is C16H31N5O. The number of carbonyl (C=O) groups is 1. The summed E-state index contributed by atoms with van der Waals surface area (Å²) >= 11 is 0. The molecule has 0 aromatic carbocycles. The van der Waals surface area contributed by atoms with Crippen LogP contribution in [0.2, 0.25) is 0 Å². The second kappa shape index (κ2) is 6.86. The van der Waals surface area contributed by atoms with Crippen molar-refractivity contribution in [3.8, 4) is 0 Å². The summed E-state index contributed by atoms with van der Waals surface area (Å²) < 4.78 is 0. The molecule has 6 heteroatoms. The fraction of sp³-hybridized carbons (Fsp3) is 0.875. The molecule has 1 amide bonds. The number of aliphatic imine (C=N–C) groups is 1. The highest BCUT2D eigenvalue weighted by Crippen LogP contribution is 2.31. The summed E-state index contributed by atoms with van der Waals surface area (Å²) in [7, 11) is 1.75. The summed E-state index contributed by atoms with van der Waals surface area (Å²) in [5, 5.41) is 9.51. The van der Waals surface area contributed by atoms with Crippen LogP contribution in [0.1, 0.15) is 40.5 Å². The minimum atomic E-state index is -0.208. The molecule has 126 valence electrons. The number of rotatable bonds is 4. The van der Waals surface area contributed by atoms with E-state index in [-0.39, 0.29) is 18.0 Å². The third-order valence-electron chi connectivity index (χ3n) is 4.18. The van der Waals surface area contributed by atoms with E-state index < -0.39 is 0 Å². The third-order valence-corrected chi connectivity index (χ3v) is 4.18. The van der Waals surface area contributed by atoms with Gasteiger partial charge in [-0.3, -0.25) is 14.7 Å². The Hall–Kier alpha value is -1.30. The number of amides is 1. The molecule has 2 atom stereocenters. The van der Waals surface area contributed by atoms with Gasteiger partial charge < -0.3 is 16.0 Å². The molecule has 1 saturated carbocycles. The van der Waals surface area contributed by atoms with E-state index >= 15 is 0 Å². The number of guanidine groups is 1. The van der Waals surface area contributed by atoms with Crippen molar-refractivity contribution in [3.63, 3.8) is 0 Å². The van der Waals surface area contributed by atoms with Crippen molar-refractivity contribution < 1.29 is 4.79 Å². The first-order valence-corrected chi connectivity index (χ1v) is 8.31. The Morgan fingerprint density at radius 2 is 1.95 bits per heavy atom. The van der Waals surface area contributed by atoms with Crippen LogP contribution in [0.15, 0.2) is 4.99 Å². The number of carbonyl (C=O) groups excluding carboxylic acids is 1. The van der Waals surface area contributed by atoms with Crippen molar-refractivity contribution in [2.45, 2.75) is 58.2 Å². The van der Waals surface area contributed by atoms with Crippen LogP contribution in [0.4, 0.5) is 0 Å². The summed E-state index contributed by atoms with van der Waals surface area (Å²) in [6.07, 6.45) is 2.69. The Kier molecular flexibility index (Phi) is 5.32. The highest BCUT2D eigenvalue weighted by Gasteiger charge is 2.38. The summed E-state index contributed by atoms with van der Waals surface area (Å²) in [5.41, 5.74) is -0.208.